The van der Waals surface area contributed by atoms with Crippen LogP contribution in [-0.4, -0.2) is 29.3 Å². The van der Waals surface area contributed by atoms with E-state index in [-0.39, 0.29) is 0 Å². The molecular weight excluding hydrogens is 270 g/mol. The molecule has 0 unspecified atom stereocenters. The van der Waals surface area contributed by atoms with Crippen molar-refractivity contribution >= 4 is 22.9 Å². The Kier molecular flexibility index (Phi) is 4.52. The Hall–Kier alpha value is -1.17. The smallest absolute Gasteiger partial charge is 0.207 e. The van der Waals surface area contributed by atoms with Gasteiger partial charge < -0.3 is 4.74 Å². The topological polar surface area (TPSA) is 38.2 Å². The van der Waals surface area contributed by atoms with Gasteiger partial charge in [0.2, 0.25) is 4.47 Å². The Labute approximate surface area is 115 Å². The van der Waals surface area contributed by atoms with Gasteiger partial charge in [-0.15, -0.1) is 10.2 Å². The van der Waals surface area contributed by atoms with Crippen LogP contribution in [0.2, 0.25) is 4.47 Å². The van der Waals surface area contributed by atoms with Gasteiger partial charge in [0.15, 0.2) is 0 Å². The van der Waals surface area contributed by atoms with Crippen molar-refractivity contribution < 1.29 is 4.74 Å². The van der Waals surface area contributed by atoms with Gasteiger partial charge in [-0.05, 0) is 24.7 Å². The minimum Gasteiger partial charge on any atom is -0.496 e. The number of aromatic nitrogens is 2. The maximum atomic E-state index is 5.76. The minimum atomic E-state index is 0.482. The molecule has 0 amide bonds. The van der Waals surface area contributed by atoms with Gasteiger partial charge in [-0.25, -0.2) is 0 Å². The molecule has 1 aromatic carbocycles. The van der Waals surface area contributed by atoms with Crippen molar-refractivity contribution in [3.8, 4) is 5.75 Å². The maximum Gasteiger partial charge on any atom is 0.207 e. The highest BCUT2D eigenvalue weighted by atomic mass is 35.5. The lowest BCUT2D eigenvalue weighted by atomic mass is 10.2. The van der Waals surface area contributed by atoms with Gasteiger partial charge in [-0.1, -0.05) is 29.5 Å². The first-order valence-corrected chi connectivity index (χ1v) is 6.67. The molecule has 2 aromatic rings. The summed E-state index contributed by atoms with van der Waals surface area (Å²) in [5, 5.41) is 8.71. The fraction of sp³-hybridized carbons (Fsp3) is 0.333. The van der Waals surface area contributed by atoms with E-state index in [1.54, 1.807) is 7.11 Å². The van der Waals surface area contributed by atoms with Crippen LogP contribution in [0.4, 0.5) is 0 Å². The predicted molar refractivity (Wildman–Crippen MR) is 73.1 cm³/mol. The second-order valence-electron chi connectivity index (χ2n) is 3.93. The fourth-order valence-electron chi connectivity index (χ4n) is 1.71. The molecule has 0 aliphatic rings. The third-order valence-electron chi connectivity index (χ3n) is 2.48. The van der Waals surface area contributed by atoms with E-state index in [0.717, 1.165) is 29.4 Å². The molecule has 0 N–H and O–H groups in total. The molecule has 0 spiro atoms. The Morgan fingerprint density at radius 2 is 2.06 bits per heavy atom. The van der Waals surface area contributed by atoms with Gasteiger partial charge in [-0.2, -0.15) is 0 Å². The number of hydrogen-bond donors (Lipinski definition) is 0. The number of rotatable bonds is 5. The van der Waals surface area contributed by atoms with Crippen LogP contribution in [0, 0.1) is 0 Å². The summed E-state index contributed by atoms with van der Waals surface area (Å²) in [4.78, 5) is 2.15. The molecule has 0 saturated carbocycles. The summed E-state index contributed by atoms with van der Waals surface area (Å²) >= 11 is 7.16. The van der Waals surface area contributed by atoms with E-state index in [0.29, 0.717) is 4.47 Å². The zero-order valence-corrected chi connectivity index (χ0v) is 11.8. The molecule has 6 heteroatoms. The summed E-state index contributed by atoms with van der Waals surface area (Å²) in [6.45, 7) is 1.52. The SMILES string of the molecule is COc1ccccc1CN(C)Cc1nnc(Cl)s1. The van der Waals surface area contributed by atoms with Crippen molar-refractivity contribution in [1.82, 2.24) is 15.1 Å². The zero-order valence-electron chi connectivity index (χ0n) is 10.3. The Morgan fingerprint density at radius 1 is 1.28 bits per heavy atom. The lowest BCUT2D eigenvalue weighted by molar-refractivity contribution is 0.309. The second kappa shape index (κ2) is 6.13. The Morgan fingerprint density at radius 3 is 2.72 bits per heavy atom. The van der Waals surface area contributed by atoms with Crippen molar-refractivity contribution in [3.63, 3.8) is 0 Å². The first-order chi connectivity index (χ1) is 8.69. The number of nitrogens with zero attached hydrogens (tertiary/aromatic N) is 3. The van der Waals surface area contributed by atoms with Gasteiger partial charge in [0.25, 0.3) is 0 Å². The quantitative estimate of drug-likeness (QED) is 0.846. The average Bonchev–Trinajstić information content (AvgIpc) is 2.75. The molecular formula is C12H14ClN3OS. The molecule has 2 rings (SSSR count). The summed E-state index contributed by atoms with van der Waals surface area (Å²) in [6, 6.07) is 7.99. The lowest BCUT2D eigenvalue weighted by Crippen LogP contribution is -2.17. The molecule has 0 radical (unpaired) electrons. The van der Waals surface area contributed by atoms with Gasteiger partial charge in [0.05, 0.1) is 13.7 Å². The van der Waals surface area contributed by atoms with E-state index in [4.69, 9.17) is 16.3 Å². The highest BCUT2D eigenvalue weighted by Crippen LogP contribution is 2.21. The third-order valence-corrected chi connectivity index (χ3v) is 3.48. The number of benzene rings is 1. The van der Waals surface area contributed by atoms with Crippen LogP contribution in [0.5, 0.6) is 5.75 Å². The maximum absolute atomic E-state index is 5.76. The second-order valence-corrected chi connectivity index (χ2v) is 5.58. The van der Waals surface area contributed by atoms with Gasteiger partial charge in [0.1, 0.15) is 10.8 Å². The monoisotopic (exact) mass is 283 g/mol. The van der Waals surface area contributed by atoms with E-state index in [1.165, 1.54) is 11.3 Å². The summed E-state index contributed by atoms with van der Waals surface area (Å²) in [6.07, 6.45) is 0. The largest absolute Gasteiger partial charge is 0.496 e. The van der Waals surface area contributed by atoms with E-state index < -0.39 is 0 Å². The summed E-state index contributed by atoms with van der Waals surface area (Å²) in [5.74, 6) is 0.902. The summed E-state index contributed by atoms with van der Waals surface area (Å²) in [7, 11) is 3.71. The van der Waals surface area contributed by atoms with Crippen LogP contribution in [-0.2, 0) is 13.1 Å². The van der Waals surface area contributed by atoms with E-state index >= 15 is 0 Å². The first kappa shape index (κ1) is 13.3. The number of para-hydroxylation sites is 1. The Balaban J connectivity index is 2.00. The third kappa shape index (κ3) is 3.41. The van der Waals surface area contributed by atoms with Crippen molar-refractivity contribution in [2.75, 3.05) is 14.2 Å². The summed E-state index contributed by atoms with van der Waals surface area (Å²) in [5.41, 5.74) is 1.15. The van der Waals surface area contributed by atoms with Crippen LogP contribution in [0.1, 0.15) is 10.6 Å². The molecule has 1 heterocycles. The van der Waals surface area contributed by atoms with E-state index in [9.17, 15) is 0 Å². The van der Waals surface area contributed by atoms with Crippen LogP contribution in [0.25, 0.3) is 0 Å². The predicted octanol–water partition coefficient (Wildman–Crippen LogP) is 2.83. The fourth-order valence-corrected chi connectivity index (χ4v) is 2.66. The minimum absolute atomic E-state index is 0.482. The molecule has 0 aliphatic carbocycles. The van der Waals surface area contributed by atoms with Crippen molar-refractivity contribution in [2.24, 2.45) is 0 Å². The molecule has 18 heavy (non-hydrogen) atoms. The highest BCUT2D eigenvalue weighted by molar-refractivity contribution is 7.15. The highest BCUT2D eigenvalue weighted by Gasteiger charge is 2.09. The summed E-state index contributed by atoms with van der Waals surface area (Å²) < 4.78 is 5.81. The number of hydrogen-bond acceptors (Lipinski definition) is 5. The van der Waals surface area contributed by atoms with Gasteiger partial charge in [0, 0.05) is 12.1 Å². The standard InChI is InChI=1S/C12H14ClN3OS/c1-16(8-11-14-15-12(13)18-11)7-9-5-3-4-6-10(9)17-2/h3-6H,7-8H2,1-2H3. The molecule has 0 aliphatic heterocycles. The van der Waals surface area contributed by atoms with E-state index in [2.05, 4.69) is 21.2 Å². The van der Waals surface area contributed by atoms with Gasteiger partial charge >= 0.3 is 0 Å². The first-order valence-electron chi connectivity index (χ1n) is 5.47. The van der Waals surface area contributed by atoms with Crippen molar-refractivity contribution in [1.29, 1.82) is 0 Å². The molecule has 0 bridgehead atoms. The van der Waals surface area contributed by atoms with Crippen molar-refractivity contribution in [2.45, 2.75) is 13.1 Å². The molecule has 96 valence electrons. The van der Waals surface area contributed by atoms with Crippen LogP contribution < -0.4 is 4.74 Å². The molecule has 0 atom stereocenters. The van der Waals surface area contributed by atoms with Crippen LogP contribution in [0.15, 0.2) is 24.3 Å². The van der Waals surface area contributed by atoms with E-state index in [1.807, 2.05) is 25.2 Å². The Bertz CT molecular complexity index is 518. The number of halogens is 1. The van der Waals surface area contributed by atoms with Gasteiger partial charge in [-0.3, -0.25) is 4.90 Å². The number of ether oxygens (including phenoxy) is 1. The molecule has 0 fully saturated rings. The van der Waals surface area contributed by atoms with Crippen LogP contribution >= 0.6 is 22.9 Å². The average molecular weight is 284 g/mol. The number of methoxy groups -OCH3 is 1. The molecule has 0 saturated heterocycles. The molecule has 4 nitrogen and oxygen atoms in total. The molecule has 1 aromatic heterocycles. The van der Waals surface area contributed by atoms with Crippen molar-refractivity contribution in [3.05, 3.63) is 39.3 Å². The zero-order chi connectivity index (χ0) is 13.0. The lowest BCUT2D eigenvalue weighted by Gasteiger charge is -2.16. The normalized spacial score (nSPS) is 10.9. The van der Waals surface area contributed by atoms with Crippen LogP contribution in [0.3, 0.4) is 0 Å².